The lowest BCUT2D eigenvalue weighted by Crippen LogP contribution is -2.51. The summed E-state index contributed by atoms with van der Waals surface area (Å²) in [5.74, 6) is 2.08. The summed E-state index contributed by atoms with van der Waals surface area (Å²) < 4.78 is 0. The summed E-state index contributed by atoms with van der Waals surface area (Å²) in [6.45, 7) is 8.39. The van der Waals surface area contributed by atoms with Crippen LogP contribution in [0.2, 0.25) is 0 Å². The molecule has 3 aliphatic rings. The monoisotopic (exact) mass is 406 g/mol. The number of nitrogens with two attached hydrogens (primary N) is 1. The number of likely N-dealkylation sites (tertiary alicyclic amines) is 1. The summed E-state index contributed by atoms with van der Waals surface area (Å²) in [5, 5.41) is 0. The fourth-order valence-electron chi connectivity index (χ4n) is 5.16. The van der Waals surface area contributed by atoms with Crippen molar-refractivity contribution in [2.24, 2.45) is 5.73 Å². The maximum Gasteiger partial charge on any atom is 0.222 e. The fraction of sp³-hybridized carbons (Fsp3) is 0.522. The largest absolute Gasteiger partial charge is 0.353 e. The summed E-state index contributed by atoms with van der Waals surface area (Å²) in [6.07, 6.45) is 4.36. The third-order valence-corrected chi connectivity index (χ3v) is 6.98. The number of amides is 1. The molecule has 7 heteroatoms. The van der Waals surface area contributed by atoms with Crippen LogP contribution in [-0.2, 0) is 17.9 Å². The zero-order valence-corrected chi connectivity index (χ0v) is 17.8. The van der Waals surface area contributed by atoms with Crippen LogP contribution in [0.25, 0.3) is 0 Å². The topological polar surface area (TPSA) is 78.6 Å². The number of aromatic nitrogens is 2. The average Bonchev–Trinajstić information content (AvgIpc) is 3.37. The Morgan fingerprint density at radius 1 is 0.967 bits per heavy atom. The predicted octanol–water partition coefficient (Wildman–Crippen LogP) is 2.14. The first-order chi connectivity index (χ1) is 14.5. The van der Waals surface area contributed by atoms with Crippen molar-refractivity contribution in [1.82, 2.24) is 14.9 Å². The van der Waals surface area contributed by atoms with E-state index in [0.29, 0.717) is 13.0 Å². The number of piperidine rings is 1. The SMILES string of the molecule is Cc1ccc(C)c2c1CN(c1cc(N3C[C@@H](N)[C@@H](N4CCCCC4=O)C3)ncn1)C2. The molecule has 158 valence electrons. The molecule has 0 radical (unpaired) electrons. The van der Waals surface area contributed by atoms with Crippen LogP contribution in [0.3, 0.4) is 0 Å². The van der Waals surface area contributed by atoms with Gasteiger partial charge in [0.2, 0.25) is 5.91 Å². The molecule has 2 saturated heterocycles. The zero-order valence-electron chi connectivity index (χ0n) is 17.8. The van der Waals surface area contributed by atoms with E-state index in [2.05, 4.69) is 51.8 Å². The Bertz CT molecular complexity index is 945. The molecule has 4 heterocycles. The zero-order chi connectivity index (χ0) is 20.8. The number of carbonyl (C=O) groups excluding carboxylic acids is 1. The molecule has 7 nitrogen and oxygen atoms in total. The van der Waals surface area contributed by atoms with E-state index in [1.807, 2.05) is 4.90 Å². The molecule has 0 unspecified atom stereocenters. The molecular formula is C23H30N6O. The molecule has 2 fully saturated rings. The normalized spacial score (nSPS) is 24.0. The van der Waals surface area contributed by atoms with Gasteiger partial charge in [-0.2, -0.15) is 0 Å². The number of benzene rings is 1. The van der Waals surface area contributed by atoms with Crippen LogP contribution in [0.5, 0.6) is 0 Å². The van der Waals surface area contributed by atoms with E-state index in [0.717, 1.165) is 50.7 Å². The van der Waals surface area contributed by atoms with Crippen molar-refractivity contribution < 1.29 is 4.79 Å². The van der Waals surface area contributed by atoms with E-state index in [1.165, 1.54) is 22.3 Å². The molecule has 2 N–H and O–H groups in total. The molecule has 3 aliphatic heterocycles. The second-order valence-corrected chi connectivity index (χ2v) is 8.93. The molecule has 5 rings (SSSR count). The highest BCUT2D eigenvalue weighted by atomic mass is 16.2. The number of anilines is 2. The average molecular weight is 407 g/mol. The highest BCUT2D eigenvalue weighted by Crippen LogP contribution is 2.33. The highest BCUT2D eigenvalue weighted by molar-refractivity contribution is 5.77. The van der Waals surface area contributed by atoms with Crippen molar-refractivity contribution in [2.75, 3.05) is 29.4 Å². The molecule has 0 saturated carbocycles. The Morgan fingerprint density at radius 3 is 2.30 bits per heavy atom. The van der Waals surface area contributed by atoms with Gasteiger partial charge in [0.15, 0.2) is 0 Å². The molecule has 2 aromatic rings. The van der Waals surface area contributed by atoms with Gasteiger partial charge >= 0.3 is 0 Å². The number of nitrogens with zero attached hydrogens (tertiary/aromatic N) is 5. The van der Waals surface area contributed by atoms with Crippen LogP contribution in [-0.4, -0.2) is 52.5 Å². The minimum absolute atomic E-state index is 0.0493. The predicted molar refractivity (Wildman–Crippen MR) is 117 cm³/mol. The van der Waals surface area contributed by atoms with E-state index in [4.69, 9.17) is 5.73 Å². The number of aryl methyl sites for hydroxylation is 2. The van der Waals surface area contributed by atoms with Crippen LogP contribution in [0.15, 0.2) is 24.5 Å². The Balaban J connectivity index is 1.34. The van der Waals surface area contributed by atoms with Crippen molar-refractivity contribution in [3.8, 4) is 0 Å². The van der Waals surface area contributed by atoms with Crippen molar-refractivity contribution in [2.45, 2.75) is 58.3 Å². The lowest BCUT2D eigenvalue weighted by atomic mass is 10.0. The lowest BCUT2D eigenvalue weighted by molar-refractivity contribution is -0.135. The van der Waals surface area contributed by atoms with Gasteiger partial charge < -0.3 is 20.4 Å². The molecule has 0 bridgehead atoms. The minimum atomic E-state index is -0.0493. The van der Waals surface area contributed by atoms with E-state index >= 15 is 0 Å². The quantitative estimate of drug-likeness (QED) is 0.841. The van der Waals surface area contributed by atoms with E-state index in [1.54, 1.807) is 6.33 Å². The van der Waals surface area contributed by atoms with Crippen molar-refractivity contribution in [3.63, 3.8) is 0 Å². The lowest BCUT2D eigenvalue weighted by Gasteiger charge is -2.34. The van der Waals surface area contributed by atoms with Crippen LogP contribution < -0.4 is 15.5 Å². The number of rotatable bonds is 3. The Labute approximate surface area is 177 Å². The molecule has 1 aromatic heterocycles. The van der Waals surface area contributed by atoms with E-state index in [-0.39, 0.29) is 18.0 Å². The van der Waals surface area contributed by atoms with Gasteiger partial charge in [0.25, 0.3) is 0 Å². The maximum atomic E-state index is 12.4. The van der Waals surface area contributed by atoms with Crippen LogP contribution in [0.1, 0.15) is 41.5 Å². The second-order valence-electron chi connectivity index (χ2n) is 8.93. The first-order valence-electron chi connectivity index (χ1n) is 11.0. The van der Waals surface area contributed by atoms with E-state index in [9.17, 15) is 4.79 Å². The molecule has 1 aromatic carbocycles. The standard InChI is InChI=1S/C23H30N6O/c1-15-6-7-16(2)18-11-27(10-17(15)18)21-9-22(26-14-25-21)28-12-19(24)20(13-28)29-8-4-3-5-23(29)30/h6-7,9,14,19-20H,3-5,8,10-13,24H2,1-2H3/t19-,20+/m1/s1. The number of carbonyl (C=O) groups is 1. The fourth-order valence-corrected chi connectivity index (χ4v) is 5.16. The van der Waals surface area contributed by atoms with Gasteiger partial charge in [-0.05, 0) is 48.9 Å². The Hall–Kier alpha value is -2.67. The van der Waals surface area contributed by atoms with Gasteiger partial charge in [-0.1, -0.05) is 12.1 Å². The second kappa shape index (κ2) is 7.54. The summed E-state index contributed by atoms with van der Waals surface area (Å²) in [7, 11) is 0. The summed E-state index contributed by atoms with van der Waals surface area (Å²) in [5.41, 5.74) is 12.0. The summed E-state index contributed by atoms with van der Waals surface area (Å²) >= 11 is 0. The minimum Gasteiger partial charge on any atom is -0.353 e. The Kier molecular flexibility index (Phi) is 4.85. The van der Waals surface area contributed by atoms with Crippen molar-refractivity contribution >= 4 is 17.5 Å². The molecule has 30 heavy (non-hydrogen) atoms. The number of fused-ring (bicyclic) bond motifs is 1. The van der Waals surface area contributed by atoms with Gasteiger partial charge in [0.05, 0.1) is 6.04 Å². The molecule has 2 atom stereocenters. The molecule has 0 aliphatic carbocycles. The maximum absolute atomic E-state index is 12.4. The number of hydrogen-bond acceptors (Lipinski definition) is 6. The third-order valence-electron chi connectivity index (χ3n) is 6.98. The first kappa shape index (κ1) is 19.3. The van der Waals surface area contributed by atoms with E-state index < -0.39 is 0 Å². The van der Waals surface area contributed by atoms with Crippen LogP contribution >= 0.6 is 0 Å². The van der Waals surface area contributed by atoms with Gasteiger partial charge in [-0.15, -0.1) is 0 Å². The van der Waals surface area contributed by atoms with Gasteiger partial charge in [0.1, 0.15) is 18.0 Å². The molecule has 0 spiro atoms. The van der Waals surface area contributed by atoms with Gasteiger partial charge in [-0.25, -0.2) is 9.97 Å². The summed E-state index contributed by atoms with van der Waals surface area (Å²) in [4.78, 5) is 28.0. The smallest absolute Gasteiger partial charge is 0.222 e. The Morgan fingerprint density at radius 2 is 1.63 bits per heavy atom. The van der Waals surface area contributed by atoms with Crippen LogP contribution in [0, 0.1) is 13.8 Å². The highest BCUT2D eigenvalue weighted by Gasteiger charge is 2.38. The van der Waals surface area contributed by atoms with Crippen molar-refractivity contribution in [3.05, 3.63) is 46.8 Å². The van der Waals surface area contributed by atoms with Crippen LogP contribution in [0.4, 0.5) is 11.6 Å². The first-order valence-corrected chi connectivity index (χ1v) is 11.0. The molecule has 1 amide bonds. The van der Waals surface area contributed by atoms with Gasteiger partial charge in [-0.3, -0.25) is 4.79 Å². The number of hydrogen-bond donors (Lipinski definition) is 1. The van der Waals surface area contributed by atoms with Crippen molar-refractivity contribution in [1.29, 1.82) is 0 Å². The molecular weight excluding hydrogens is 376 g/mol. The van der Waals surface area contributed by atoms with Gasteiger partial charge in [0, 0.05) is 51.3 Å². The third kappa shape index (κ3) is 3.31. The summed E-state index contributed by atoms with van der Waals surface area (Å²) in [6, 6.07) is 6.50.